The number of carbonyl (C=O) groups is 2. The number of hydrogen-bond acceptors (Lipinski definition) is 3. The van der Waals surface area contributed by atoms with Gasteiger partial charge in [0.15, 0.2) is 0 Å². The van der Waals surface area contributed by atoms with Crippen LogP contribution in [-0.4, -0.2) is 35.2 Å². The molecular formula is C20H20FNO4. The van der Waals surface area contributed by atoms with Gasteiger partial charge in [0, 0.05) is 13.1 Å². The van der Waals surface area contributed by atoms with Crippen molar-refractivity contribution in [3.8, 4) is 0 Å². The van der Waals surface area contributed by atoms with E-state index in [1.165, 1.54) is 12.1 Å². The minimum Gasteiger partial charge on any atom is -0.478 e. The molecule has 2 aromatic carbocycles. The van der Waals surface area contributed by atoms with Gasteiger partial charge in [-0.1, -0.05) is 36.4 Å². The Morgan fingerprint density at radius 3 is 2.42 bits per heavy atom. The summed E-state index contributed by atoms with van der Waals surface area (Å²) in [7, 11) is 0. The molecule has 0 spiro atoms. The van der Waals surface area contributed by atoms with Gasteiger partial charge in [0.05, 0.1) is 5.56 Å². The van der Waals surface area contributed by atoms with E-state index < -0.39 is 11.8 Å². The number of ether oxygens (including phenoxy) is 1. The smallest absolute Gasteiger partial charge is 0.410 e. The monoisotopic (exact) mass is 357 g/mol. The van der Waals surface area contributed by atoms with Crippen molar-refractivity contribution in [1.29, 1.82) is 0 Å². The third kappa shape index (κ3) is 4.20. The minimum atomic E-state index is -1.15. The van der Waals surface area contributed by atoms with E-state index in [9.17, 15) is 14.0 Å². The average Bonchev–Trinajstić information content (AvgIpc) is 2.67. The van der Waals surface area contributed by atoms with Gasteiger partial charge in [-0.25, -0.2) is 14.0 Å². The lowest BCUT2D eigenvalue weighted by atomic mass is 9.88. The topological polar surface area (TPSA) is 66.8 Å². The van der Waals surface area contributed by atoms with Crippen molar-refractivity contribution in [3.05, 3.63) is 71.0 Å². The van der Waals surface area contributed by atoms with Crippen LogP contribution in [0.3, 0.4) is 0 Å². The molecule has 1 fully saturated rings. The van der Waals surface area contributed by atoms with E-state index in [4.69, 9.17) is 9.84 Å². The number of halogens is 1. The highest BCUT2D eigenvalue weighted by Gasteiger charge is 2.26. The molecule has 0 aliphatic carbocycles. The van der Waals surface area contributed by atoms with Gasteiger partial charge in [0.25, 0.3) is 0 Å². The molecule has 0 radical (unpaired) electrons. The highest BCUT2D eigenvalue weighted by molar-refractivity contribution is 5.87. The fourth-order valence-corrected chi connectivity index (χ4v) is 3.17. The molecule has 0 saturated carbocycles. The second kappa shape index (κ2) is 7.99. The van der Waals surface area contributed by atoms with Crippen molar-refractivity contribution in [1.82, 2.24) is 4.90 Å². The molecule has 6 heteroatoms. The van der Waals surface area contributed by atoms with Crippen LogP contribution in [0, 0.1) is 5.82 Å². The van der Waals surface area contributed by atoms with E-state index >= 15 is 0 Å². The highest BCUT2D eigenvalue weighted by Crippen LogP contribution is 2.30. The van der Waals surface area contributed by atoms with Gasteiger partial charge >= 0.3 is 12.1 Å². The summed E-state index contributed by atoms with van der Waals surface area (Å²) in [6.07, 6.45) is 0.863. The van der Waals surface area contributed by atoms with Crippen LogP contribution in [0.25, 0.3) is 0 Å². The molecule has 0 bridgehead atoms. The molecule has 0 aromatic heterocycles. The third-order valence-corrected chi connectivity index (χ3v) is 4.65. The normalized spacial score (nSPS) is 14.9. The minimum absolute atomic E-state index is 0.0315. The predicted molar refractivity (Wildman–Crippen MR) is 93.5 cm³/mol. The number of benzene rings is 2. The number of nitrogens with zero attached hydrogens (tertiary/aromatic N) is 1. The Bertz CT molecular complexity index is 786. The van der Waals surface area contributed by atoms with Crippen molar-refractivity contribution in [2.75, 3.05) is 13.1 Å². The quantitative estimate of drug-likeness (QED) is 0.897. The van der Waals surface area contributed by atoms with Crippen LogP contribution in [0.4, 0.5) is 9.18 Å². The van der Waals surface area contributed by atoms with E-state index in [0.717, 1.165) is 11.6 Å². The average molecular weight is 357 g/mol. The molecule has 1 heterocycles. The lowest BCUT2D eigenvalue weighted by Crippen LogP contribution is -2.38. The second-order valence-corrected chi connectivity index (χ2v) is 6.34. The molecule has 1 aliphatic rings. The molecule has 136 valence electrons. The van der Waals surface area contributed by atoms with Gasteiger partial charge in [-0.05, 0) is 42.0 Å². The SMILES string of the molecule is O=C(O)c1ccc(C2CCN(C(=O)OCc3ccccc3)CC2)c(F)c1. The first-order valence-corrected chi connectivity index (χ1v) is 8.53. The first kappa shape index (κ1) is 17.9. The summed E-state index contributed by atoms with van der Waals surface area (Å²) in [6.45, 7) is 1.20. The largest absolute Gasteiger partial charge is 0.478 e. The molecule has 1 aliphatic heterocycles. The molecule has 0 unspecified atom stereocenters. The molecule has 0 atom stereocenters. The van der Waals surface area contributed by atoms with Crippen LogP contribution < -0.4 is 0 Å². The number of likely N-dealkylation sites (tertiary alicyclic amines) is 1. The van der Waals surface area contributed by atoms with E-state index in [-0.39, 0.29) is 24.2 Å². The summed E-state index contributed by atoms with van der Waals surface area (Å²) in [4.78, 5) is 24.7. The molecule has 5 nitrogen and oxygen atoms in total. The maximum atomic E-state index is 14.2. The van der Waals surface area contributed by atoms with Crippen LogP contribution >= 0.6 is 0 Å². The van der Waals surface area contributed by atoms with E-state index in [1.807, 2.05) is 30.3 Å². The fourth-order valence-electron chi connectivity index (χ4n) is 3.17. The number of carboxylic acids is 1. The van der Waals surface area contributed by atoms with Crippen LogP contribution in [0.15, 0.2) is 48.5 Å². The van der Waals surface area contributed by atoms with E-state index in [2.05, 4.69) is 0 Å². The predicted octanol–water partition coefficient (Wildman–Crippen LogP) is 4.04. The summed E-state index contributed by atoms with van der Waals surface area (Å²) < 4.78 is 19.5. The van der Waals surface area contributed by atoms with Crippen molar-refractivity contribution in [2.45, 2.75) is 25.4 Å². The van der Waals surface area contributed by atoms with Gasteiger partial charge in [0.2, 0.25) is 0 Å². The number of aromatic carboxylic acids is 1. The van der Waals surface area contributed by atoms with Crippen molar-refractivity contribution < 1.29 is 23.8 Å². The van der Waals surface area contributed by atoms with Crippen molar-refractivity contribution >= 4 is 12.1 Å². The van der Waals surface area contributed by atoms with Crippen molar-refractivity contribution in [3.63, 3.8) is 0 Å². The Labute approximate surface area is 151 Å². The van der Waals surface area contributed by atoms with Gasteiger partial charge in [0.1, 0.15) is 12.4 Å². The first-order valence-electron chi connectivity index (χ1n) is 8.53. The lowest BCUT2D eigenvalue weighted by Gasteiger charge is -2.31. The Kier molecular flexibility index (Phi) is 5.51. The summed E-state index contributed by atoms with van der Waals surface area (Å²) >= 11 is 0. The molecular weight excluding hydrogens is 337 g/mol. The summed E-state index contributed by atoms with van der Waals surface area (Å²) in [5, 5.41) is 8.91. The first-order chi connectivity index (χ1) is 12.5. The molecule has 26 heavy (non-hydrogen) atoms. The van der Waals surface area contributed by atoms with Crippen LogP contribution in [0.2, 0.25) is 0 Å². The Morgan fingerprint density at radius 2 is 1.81 bits per heavy atom. The number of carboxylic acid groups (broad SMARTS) is 1. The molecule has 1 saturated heterocycles. The number of piperidine rings is 1. The van der Waals surface area contributed by atoms with Crippen molar-refractivity contribution in [2.24, 2.45) is 0 Å². The summed E-state index contributed by atoms with van der Waals surface area (Å²) in [5.41, 5.74) is 1.37. The van der Waals surface area contributed by atoms with Crippen LogP contribution in [0.1, 0.15) is 40.2 Å². The molecule has 2 aromatic rings. The molecule has 1 amide bonds. The Hall–Kier alpha value is -2.89. The molecule has 3 rings (SSSR count). The maximum Gasteiger partial charge on any atom is 0.410 e. The summed E-state index contributed by atoms with van der Waals surface area (Å²) in [6, 6.07) is 13.5. The number of carbonyl (C=O) groups excluding carboxylic acids is 1. The number of hydrogen-bond donors (Lipinski definition) is 1. The zero-order valence-electron chi connectivity index (χ0n) is 14.2. The number of rotatable bonds is 4. The Morgan fingerprint density at radius 1 is 1.12 bits per heavy atom. The second-order valence-electron chi connectivity index (χ2n) is 6.34. The highest BCUT2D eigenvalue weighted by atomic mass is 19.1. The summed E-state index contributed by atoms with van der Waals surface area (Å²) in [5.74, 6) is -1.68. The van der Waals surface area contributed by atoms with E-state index in [1.54, 1.807) is 4.90 Å². The van der Waals surface area contributed by atoms with Crippen LogP contribution in [0.5, 0.6) is 0 Å². The third-order valence-electron chi connectivity index (χ3n) is 4.65. The standard InChI is InChI=1S/C20H20FNO4/c21-18-12-16(19(23)24)6-7-17(18)15-8-10-22(11-9-15)20(25)26-13-14-4-2-1-3-5-14/h1-7,12,15H,8-11,13H2,(H,23,24). The van der Waals surface area contributed by atoms with Gasteiger partial charge in [-0.15, -0.1) is 0 Å². The molecule has 1 N–H and O–H groups in total. The number of amides is 1. The zero-order valence-corrected chi connectivity index (χ0v) is 14.2. The van der Waals surface area contributed by atoms with E-state index in [0.29, 0.717) is 31.5 Å². The van der Waals surface area contributed by atoms with Gasteiger partial charge < -0.3 is 14.7 Å². The van der Waals surface area contributed by atoms with Crippen LogP contribution in [-0.2, 0) is 11.3 Å². The zero-order chi connectivity index (χ0) is 18.5. The van der Waals surface area contributed by atoms with Gasteiger partial charge in [-0.2, -0.15) is 0 Å². The Balaban J connectivity index is 1.54. The fraction of sp³-hybridized carbons (Fsp3) is 0.300. The van der Waals surface area contributed by atoms with Gasteiger partial charge in [-0.3, -0.25) is 0 Å². The maximum absolute atomic E-state index is 14.2. The lowest BCUT2D eigenvalue weighted by molar-refractivity contribution is 0.0695.